The summed E-state index contributed by atoms with van der Waals surface area (Å²) in [4.78, 5) is 49.9. The van der Waals surface area contributed by atoms with Crippen molar-refractivity contribution in [1.29, 1.82) is 0 Å². The van der Waals surface area contributed by atoms with Gasteiger partial charge in [0.25, 0.3) is 0 Å². The molecule has 2 fully saturated rings. The first-order chi connectivity index (χ1) is 22.2. The zero-order valence-electron chi connectivity index (χ0n) is 27.4. The number of aliphatic imine (C=N–C) groups is 2. The van der Waals surface area contributed by atoms with E-state index in [1.165, 1.54) is 10.1 Å². The molecular formula is C32H44N8O6. The molecule has 2 aliphatic rings. The lowest BCUT2D eigenvalue weighted by molar-refractivity contribution is -0.165. The molecule has 2 heterocycles. The predicted octanol–water partition coefficient (Wildman–Crippen LogP) is 2.43. The van der Waals surface area contributed by atoms with Crippen molar-refractivity contribution in [2.45, 2.75) is 13.8 Å². The van der Waals surface area contributed by atoms with E-state index in [1.807, 2.05) is 50.2 Å². The lowest BCUT2D eigenvalue weighted by Gasteiger charge is -2.30. The maximum absolute atomic E-state index is 12.6. The van der Waals surface area contributed by atoms with Gasteiger partial charge in [-0.2, -0.15) is 10.1 Å². The molecule has 2 aliphatic heterocycles. The van der Waals surface area contributed by atoms with Gasteiger partial charge < -0.3 is 39.6 Å². The van der Waals surface area contributed by atoms with Gasteiger partial charge in [-0.25, -0.2) is 19.6 Å². The molecule has 2 N–H and O–H groups in total. The standard InChI is InChI=1S/C32H44N8O6/c1-23-7-9-27(39-13-17-43-18-14-39)25(21-23)35-31(33-3)37(5)45-29(41)11-12-30(42)46-38(6)32(34-4)36-26-22-24(2)8-10-28(26)40-15-19-44-20-16-40/h7-12,21-22H,13-20H2,1-6H3,(H,33,35)(H,34,36)/b12-11+. The number of hydroxylamine groups is 4. The molecule has 0 aliphatic carbocycles. The Kier molecular flexibility index (Phi) is 12.2. The fourth-order valence-electron chi connectivity index (χ4n) is 4.94. The van der Waals surface area contributed by atoms with Crippen LogP contribution in [0.2, 0.25) is 0 Å². The number of hydrogen-bond donors (Lipinski definition) is 2. The average molecular weight is 637 g/mol. The van der Waals surface area contributed by atoms with E-state index in [0.29, 0.717) is 38.3 Å². The van der Waals surface area contributed by atoms with Crippen molar-refractivity contribution in [3.8, 4) is 0 Å². The SMILES string of the molecule is CNC(=Nc1cc(C)ccc1N1CCOCC1)N(C)OC(=O)/C=C/C(=O)ON(C)C(=Nc1cc(C)ccc1N1CCOCC1)NC. The van der Waals surface area contributed by atoms with Gasteiger partial charge in [-0.1, -0.05) is 12.1 Å². The van der Waals surface area contributed by atoms with Gasteiger partial charge in [-0.05, 0) is 49.2 Å². The van der Waals surface area contributed by atoms with E-state index in [4.69, 9.17) is 29.1 Å². The smallest absolute Gasteiger partial charge is 0.356 e. The molecule has 0 amide bonds. The molecule has 2 aromatic rings. The molecular weight excluding hydrogens is 592 g/mol. The Balaban J connectivity index is 1.39. The summed E-state index contributed by atoms with van der Waals surface area (Å²) in [5.74, 6) is -0.987. The highest BCUT2D eigenvalue weighted by molar-refractivity contribution is 5.93. The number of guanidine groups is 2. The number of hydrogen-bond acceptors (Lipinski definition) is 10. The van der Waals surface area contributed by atoms with Crippen LogP contribution in [0.5, 0.6) is 0 Å². The van der Waals surface area contributed by atoms with E-state index in [9.17, 15) is 9.59 Å². The Morgan fingerprint density at radius 3 is 1.43 bits per heavy atom. The summed E-state index contributed by atoms with van der Waals surface area (Å²) in [5.41, 5.74) is 5.44. The summed E-state index contributed by atoms with van der Waals surface area (Å²) in [6, 6.07) is 12.1. The number of carbonyl (C=O) groups excluding carboxylic acids is 2. The first-order valence-electron chi connectivity index (χ1n) is 15.2. The molecule has 14 nitrogen and oxygen atoms in total. The molecule has 4 rings (SSSR count). The Morgan fingerprint density at radius 2 is 1.09 bits per heavy atom. The summed E-state index contributed by atoms with van der Waals surface area (Å²) in [6.45, 7) is 9.57. The summed E-state index contributed by atoms with van der Waals surface area (Å²) in [5, 5.41) is 8.34. The summed E-state index contributed by atoms with van der Waals surface area (Å²) in [7, 11) is 6.45. The quantitative estimate of drug-likeness (QED) is 0.209. The third kappa shape index (κ3) is 9.34. The monoisotopic (exact) mass is 636 g/mol. The van der Waals surface area contributed by atoms with Crippen LogP contribution in [0, 0.1) is 13.8 Å². The van der Waals surface area contributed by atoms with Crippen molar-refractivity contribution in [1.82, 2.24) is 20.8 Å². The first kappa shape index (κ1) is 34.1. The Hall–Kier alpha value is -4.82. The molecule has 248 valence electrons. The number of rotatable bonds is 6. The van der Waals surface area contributed by atoms with Gasteiger partial charge in [0.05, 0.1) is 49.2 Å². The third-order valence-electron chi connectivity index (χ3n) is 7.27. The van der Waals surface area contributed by atoms with E-state index in [1.54, 1.807) is 28.2 Å². The zero-order chi connectivity index (χ0) is 33.1. The van der Waals surface area contributed by atoms with Crippen molar-refractivity contribution in [2.75, 3.05) is 90.6 Å². The van der Waals surface area contributed by atoms with Crippen molar-refractivity contribution in [3.05, 3.63) is 59.7 Å². The highest BCUT2D eigenvalue weighted by Gasteiger charge is 2.19. The lowest BCUT2D eigenvalue weighted by Crippen LogP contribution is -2.39. The highest BCUT2D eigenvalue weighted by atomic mass is 16.7. The van der Waals surface area contributed by atoms with Crippen LogP contribution in [0.1, 0.15) is 11.1 Å². The van der Waals surface area contributed by atoms with Gasteiger partial charge in [0.2, 0.25) is 11.9 Å². The minimum Gasteiger partial charge on any atom is -0.378 e. The molecule has 0 saturated carbocycles. The normalized spacial score (nSPS) is 15.9. The second kappa shape index (κ2) is 16.5. The fourth-order valence-corrected chi connectivity index (χ4v) is 4.94. The molecule has 0 aromatic heterocycles. The Morgan fingerprint density at radius 1 is 0.717 bits per heavy atom. The molecule has 46 heavy (non-hydrogen) atoms. The minimum atomic E-state index is -0.792. The molecule has 14 heteroatoms. The maximum atomic E-state index is 12.6. The molecule has 0 unspecified atom stereocenters. The number of benzene rings is 2. The van der Waals surface area contributed by atoms with E-state index >= 15 is 0 Å². The van der Waals surface area contributed by atoms with Crippen LogP contribution >= 0.6 is 0 Å². The van der Waals surface area contributed by atoms with Gasteiger partial charge in [0, 0.05) is 66.5 Å². The predicted molar refractivity (Wildman–Crippen MR) is 178 cm³/mol. The molecule has 0 bridgehead atoms. The van der Waals surface area contributed by atoms with Crippen LogP contribution in [0.15, 0.2) is 58.5 Å². The summed E-state index contributed by atoms with van der Waals surface area (Å²) >= 11 is 0. The number of carbonyl (C=O) groups is 2. The van der Waals surface area contributed by atoms with Crippen LogP contribution in [0.4, 0.5) is 22.7 Å². The van der Waals surface area contributed by atoms with Gasteiger partial charge in [-0.15, -0.1) is 0 Å². The molecule has 0 radical (unpaired) electrons. The van der Waals surface area contributed by atoms with E-state index in [-0.39, 0.29) is 0 Å². The molecule has 0 spiro atoms. The van der Waals surface area contributed by atoms with Gasteiger partial charge in [-0.3, -0.25) is 0 Å². The minimum absolute atomic E-state index is 0.298. The number of ether oxygens (including phenoxy) is 2. The van der Waals surface area contributed by atoms with Gasteiger partial charge >= 0.3 is 11.9 Å². The topological polar surface area (TPSA) is 133 Å². The number of aryl methyl sites for hydroxylation is 2. The second-order valence-corrected chi connectivity index (χ2v) is 10.7. The van der Waals surface area contributed by atoms with Crippen molar-refractivity contribution < 1.29 is 28.7 Å². The van der Waals surface area contributed by atoms with Crippen LogP contribution in [-0.4, -0.2) is 115 Å². The lowest BCUT2D eigenvalue weighted by atomic mass is 10.1. The number of nitrogens with zero attached hydrogens (tertiary/aromatic N) is 6. The number of nitrogens with one attached hydrogen (secondary N) is 2. The summed E-state index contributed by atoms with van der Waals surface area (Å²) < 4.78 is 11.0. The van der Waals surface area contributed by atoms with E-state index in [2.05, 4.69) is 20.4 Å². The summed E-state index contributed by atoms with van der Waals surface area (Å²) in [6.07, 6.45) is 1.97. The van der Waals surface area contributed by atoms with Crippen LogP contribution < -0.4 is 20.4 Å². The Labute approximate surface area is 270 Å². The van der Waals surface area contributed by atoms with Crippen molar-refractivity contribution in [3.63, 3.8) is 0 Å². The number of anilines is 2. The zero-order valence-corrected chi connectivity index (χ0v) is 27.4. The fraction of sp³-hybridized carbons (Fsp3) is 0.438. The average Bonchev–Trinajstić information content (AvgIpc) is 3.06. The maximum Gasteiger partial charge on any atom is 0.356 e. The highest BCUT2D eigenvalue weighted by Crippen LogP contribution is 2.32. The molecule has 0 atom stereocenters. The third-order valence-corrected chi connectivity index (χ3v) is 7.27. The molecule has 2 aromatic carbocycles. The number of morpholine rings is 2. The van der Waals surface area contributed by atoms with Crippen molar-refractivity contribution in [2.24, 2.45) is 9.98 Å². The van der Waals surface area contributed by atoms with Crippen molar-refractivity contribution >= 4 is 46.6 Å². The van der Waals surface area contributed by atoms with Crippen LogP contribution in [-0.2, 0) is 28.7 Å². The largest absolute Gasteiger partial charge is 0.378 e. The van der Waals surface area contributed by atoms with Crippen LogP contribution in [0.25, 0.3) is 0 Å². The van der Waals surface area contributed by atoms with E-state index < -0.39 is 11.9 Å². The first-order valence-corrected chi connectivity index (χ1v) is 15.2. The van der Waals surface area contributed by atoms with E-state index in [0.717, 1.165) is 72.2 Å². The Bertz CT molecular complexity index is 1340. The second-order valence-electron chi connectivity index (χ2n) is 10.7. The van der Waals surface area contributed by atoms with Gasteiger partial charge in [0.15, 0.2) is 0 Å². The van der Waals surface area contributed by atoms with Crippen LogP contribution in [0.3, 0.4) is 0 Å². The molecule has 2 saturated heterocycles. The van der Waals surface area contributed by atoms with Gasteiger partial charge in [0.1, 0.15) is 0 Å².